The summed E-state index contributed by atoms with van der Waals surface area (Å²) in [7, 11) is 0. The molecule has 0 spiro atoms. The van der Waals surface area contributed by atoms with E-state index < -0.39 is 0 Å². The van der Waals surface area contributed by atoms with Gasteiger partial charge in [0.1, 0.15) is 33.5 Å². The van der Waals surface area contributed by atoms with Crippen molar-refractivity contribution in [2.75, 3.05) is 9.80 Å². The fourth-order valence-corrected chi connectivity index (χ4v) is 13.4. The van der Waals surface area contributed by atoms with E-state index in [9.17, 15) is 0 Å². The Morgan fingerprint density at radius 3 is 1.08 bits per heavy atom. The number of para-hydroxylation sites is 2. The van der Waals surface area contributed by atoms with Gasteiger partial charge >= 0.3 is 0 Å². The monoisotopic (exact) mass is 1110 g/mol. The maximum absolute atomic E-state index is 6.92. The van der Waals surface area contributed by atoms with Crippen LogP contribution < -0.4 is 9.80 Å². The molecule has 0 atom stereocenters. The van der Waals surface area contributed by atoms with E-state index in [0.29, 0.717) is 11.8 Å². The van der Waals surface area contributed by atoms with Gasteiger partial charge in [0.05, 0.1) is 11.4 Å². The van der Waals surface area contributed by atoms with Crippen LogP contribution >= 0.6 is 0 Å². The highest BCUT2D eigenvalue weighted by molar-refractivity contribution is 6.28. The van der Waals surface area contributed by atoms with Gasteiger partial charge in [0.2, 0.25) is 0 Å². The number of hydrogen-bond acceptors (Lipinski definition) is 6. The van der Waals surface area contributed by atoms with Crippen LogP contribution in [-0.2, 0) is 0 Å². The lowest BCUT2D eigenvalue weighted by Crippen LogP contribution is -2.12. The first-order chi connectivity index (χ1) is 42.3. The molecule has 0 amide bonds. The van der Waals surface area contributed by atoms with Crippen molar-refractivity contribution < 1.29 is 17.7 Å². The van der Waals surface area contributed by atoms with Gasteiger partial charge in [-0.05, 0) is 165 Å². The molecule has 410 valence electrons. The number of nitrogens with zero attached hydrogens (tertiary/aromatic N) is 2. The molecule has 0 fully saturated rings. The van der Waals surface area contributed by atoms with Crippen molar-refractivity contribution in [2.24, 2.45) is 0 Å². The van der Waals surface area contributed by atoms with Gasteiger partial charge < -0.3 is 27.5 Å². The first-order valence-corrected chi connectivity index (χ1v) is 29.7. The van der Waals surface area contributed by atoms with Gasteiger partial charge in [0.15, 0.2) is 11.2 Å². The third-order valence-electron chi connectivity index (χ3n) is 17.8. The molecule has 4 heterocycles. The zero-order valence-electron chi connectivity index (χ0n) is 47.9. The molecule has 0 aliphatic heterocycles. The van der Waals surface area contributed by atoms with Gasteiger partial charge in [-0.15, -0.1) is 0 Å². The largest absolute Gasteiger partial charge is 0.456 e. The van der Waals surface area contributed by atoms with E-state index in [0.717, 1.165) is 166 Å². The lowest BCUT2D eigenvalue weighted by atomic mass is 9.97. The average molecular weight is 1110 g/mol. The van der Waals surface area contributed by atoms with Crippen LogP contribution in [-0.4, -0.2) is 0 Å². The molecular weight excluding hydrogens is 1050 g/mol. The summed E-state index contributed by atoms with van der Waals surface area (Å²) in [6.07, 6.45) is 0. The molecule has 86 heavy (non-hydrogen) atoms. The number of benzene rings is 13. The number of rotatable bonds is 10. The van der Waals surface area contributed by atoms with E-state index in [1.807, 2.05) is 12.1 Å². The molecule has 0 saturated heterocycles. The molecule has 0 bridgehead atoms. The fourth-order valence-electron chi connectivity index (χ4n) is 13.4. The minimum atomic E-state index is 0.388. The Balaban J connectivity index is 0.822. The van der Waals surface area contributed by atoms with Crippen LogP contribution in [0.5, 0.6) is 0 Å². The van der Waals surface area contributed by atoms with Crippen molar-refractivity contribution in [1.82, 2.24) is 0 Å². The maximum Gasteiger partial charge on any atom is 0.160 e. The summed E-state index contributed by atoms with van der Waals surface area (Å²) in [6.45, 7) is 8.96. The van der Waals surface area contributed by atoms with E-state index in [4.69, 9.17) is 17.7 Å². The summed E-state index contributed by atoms with van der Waals surface area (Å²) in [4.78, 5) is 4.75. The maximum atomic E-state index is 6.92. The molecule has 17 rings (SSSR count). The lowest BCUT2D eigenvalue weighted by Gasteiger charge is -2.28. The van der Waals surface area contributed by atoms with Crippen LogP contribution in [0, 0.1) is 0 Å². The van der Waals surface area contributed by atoms with E-state index >= 15 is 0 Å². The van der Waals surface area contributed by atoms with Crippen molar-refractivity contribution >= 4 is 143 Å². The normalized spacial score (nSPS) is 12.2. The van der Waals surface area contributed by atoms with Crippen molar-refractivity contribution in [2.45, 2.75) is 39.5 Å². The van der Waals surface area contributed by atoms with Crippen molar-refractivity contribution in [1.29, 1.82) is 0 Å². The van der Waals surface area contributed by atoms with Gasteiger partial charge in [0.25, 0.3) is 0 Å². The number of anilines is 6. The Hall–Kier alpha value is -10.8. The van der Waals surface area contributed by atoms with E-state index in [1.165, 1.54) is 11.1 Å². The highest BCUT2D eigenvalue weighted by Crippen LogP contribution is 2.51. The second-order valence-corrected chi connectivity index (χ2v) is 23.5. The van der Waals surface area contributed by atoms with Crippen LogP contribution in [0.1, 0.15) is 50.7 Å². The van der Waals surface area contributed by atoms with Gasteiger partial charge in [0, 0.05) is 77.0 Å². The molecule has 0 radical (unpaired) electrons. The van der Waals surface area contributed by atoms with Crippen LogP contribution in [0.3, 0.4) is 0 Å². The van der Waals surface area contributed by atoms with Crippen molar-refractivity contribution in [3.8, 4) is 22.3 Å². The second-order valence-electron chi connectivity index (χ2n) is 23.5. The molecule has 6 heteroatoms. The van der Waals surface area contributed by atoms with E-state index in [2.05, 4.69) is 280 Å². The zero-order chi connectivity index (χ0) is 57.3. The summed E-state index contributed by atoms with van der Waals surface area (Å²) in [5.41, 5.74) is 19.6. The molecule has 0 saturated carbocycles. The predicted molar refractivity (Wildman–Crippen MR) is 359 cm³/mol. The molecule has 17 aromatic rings. The molecule has 0 N–H and O–H groups in total. The summed E-state index contributed by atoms with van der Waals surface area (Å²) < 4.78 is 27.6. The minimum Gasteiger partial charge on any atom is -0.456 e. The smallest absolute Gasteiger partial charge is 0.160 e. The van der Waals surface area contributed by atoms with Crippen LogP contribution in [0.2, 0.25) is 0 Å². The number of hydrogen-bond donors (Lipinski definition) is 0. The Bertz CT molecular complexity index is 5190. The van der Waals surface area contributed by atoms with Gasteiger partial charge in [-0.2, -0.15) is 0 Å². The van der Waals surface area contributed by atoms with Gasteiger partial charge in [-0.3, -0.25) is 0 Å². The van der Waals surface area contributed by atoms with Gasteiger partial charge in [-0.25, -0.2) is 0 Å². The van der Waals surface area contributed by atoms with Gasteiger partial charge in [-0.1, -0.05) is 173 Å². The Morgan fingerprint density at radius 2 is 0.663 bits per heavy atom. The first kappa shape index (κ1) is 49.8. The predicted octanol–water partition coefficient (Wildman–Crippen LogP) is 24.1. The molecular formula is C80H56N2O4. The second kappa shape index (κ2) is 19.4. The zero-order valence-corrected chi connectivity index (χ0v) is 47.9. The molecule has 0 unspecified atom stereocenters. The molecule has 13 aromatic carbocycles. The van der Waals surface area contributed by atoms with Crippen molar-refractivity contribution in [3.05, 3.63) is 266 Å². The Kier molecular flexibility index (Phi) is 11.2. The number of fused-ring (bicyclic) bond motifs is 15. The minimum absolute atomic E-state index is 0.388. The summed E-state index contributed by atoms with van der Waals surface area (Å²) in [6, 6.07) is 91.5. The molecule has 0 aliphatic carbocycles. The SMILES string of the molecule is CC(C)c1ccc(N(c2ccc3cc4c(cc3c2)oc2ccc3oc5cc6cc(N(c7ccc(C(C)C)cc7)c7c(-c8ccccc8)ccc8c7oc7ccccc78)ccc6cc5c3c24)c2c(-c3ccccc3)ccc3c2oc2ccccc23)cc1. The van der Waals surface area contributed by atoms with E-state index in [1.54, 1.807) is 0 Å². The highest BCUT2D eigenvalue weighted by atomic mass is 16.3. The molecule has 0 aliphatic rings. The summed E-state index contributed by atoms with van der Waals surface area (Å²) >= 11 is 0. The number of furan rings is 4. The third kappa shape index (κ3) is 7.86. The molecule has 6 nitrogen and oxygen atoms in total. The average Bonchev–Trinajstić information content (AvgIpc) is 1.65. The topological polar surface area (TPSA) is 59.0 Å². The van der Waals surface area contributed by atoms with Crippen molar-refractivity contribution in [3.63, 3.8) is 0 Å². The summed E-state index contributed by atoms with van der Waals surface area (Å²) in [5.74, 6) is 0.776. The van der Waals surface area contributed by atoms with E-state index in [-0.39, 0.29) is 0 Å². The molecule has 4 aromatic heterocycles. The Labute approximate surface area is 495 Å². The quantitative estimate of drug-likeness (QED) is 0.136. The third-order valence-corrected chi connectivity index (χ3v) is 17.8. The first-order valence-electron chi connectivity index (χ1n) is 29.7. The highest BCUT2D eigenvalue weighted by Gasteiger charge is 2.28. The fraction of sp³-hybridized carbons (Fsp3) is 0.0750. The van der Waals surface area contributed by atoms with Crippen LogP contribution in [0.15, 0.2) is 272 Å². The van der Waals surface area contributed by atoms with Crippen LogP contribution in [0.4, 0.5) is 34.1 Å². The lowest BCUT2D eigenvalue weighted by molar-refractivity contribution is 0.663. The Morgan fingerprint density at radius 1 is 0.267 bits per heavy atom. The standard InChI is InChI=1S/C80H56N2O4/c1-47(2)49-23-29-57(30-24-49)81(77-61(51-15-7-5-8-16-51)35-37-65-63-19-11-13-21-69(63)85-79(65)77)59-33-27-53-43-67-73(45-55(53)41-59)83-71-39-40-72-76(75(67)71)68-44-54-28-34-60(42-56(54)46-74(68)84-72)82(58-31-25-50(26-32-58)48(3)4)78-62(52-17-9-6-10-18-52)36-38-66-64-20-12-14-22-70(64)86-80(66)78/h5-48H,1-4H3. The summed E-state index contributed by atoms with van der Waals surface area (Å²) in [5, 5.41) is 12.8. The van der Waals surface area contributed by atoms with Crippen LogP contribution in [0.25, 0.3) is 132 Å².